The minimum atomic E-state index is -0.0882. The lowest BCUT2D eigenvalue weighted by atomic mass is 9.96. The highest BCUT2D eigenvalue weighted by molar-refractivity contribution is 5.94. The minimum Gasteiger partial charge on any atom is -0.416 e. The zero-order valence-electron chi connectivity index (χ0n) is 19.4. The van der Waals surface area contributed by atoms with Crippen LogP contribution in [0.15, 0.2) is 52.9 Å². The molecule has 0 saturated carbocycles. The molecule has 178 valence electrons. The number of rotatable bonds is 7. The molecule has 8 heteroatoms. The second-order valence-electron chi connectivity index (χ2n) is 8.91. The fourth-order valence-electron chi connectivity index (χ4n) is 4.66. The Morgan fingerprint density at radius 2 is 1.79 bits per heavy atom. The van der Waals surface area contributed by atoms with Gasteiger partial charge in [-0.1, -0.05) is 17.7 Å². The van der Waals surface area contributed by atoms with Crippen molar-refractivity contribution in [3.05, 3.63) is 59.7 Å². The van der Waals surface area contributed by atoms with Crippen LogP contribution in [-0.2, 0) is 9.47 Å². The molecule has 3 heterocycles. The molecule has 1 aromatic heterocycles. The van der Waals surface area contributed by atoms with E-state index in [1.54, 1.807) is 12.1 Å². The average molecular weight is 463 g/mol. The number of aromatic nitrogens is 2. The molecule has 8 nitrogen and oxygen atoms in total. The van der Waals surface area contributed by atoms with Crippen molar-refractivity contribution >= 4 is 5.91 Å². The zero-order valence-corrected chi connectivity index (χ0v) is 19.4. The van der Waals surface area contributed by atoms with Gasteiger partial charge in [0.05, 0.1) is 19.8 Å². The Balaban J connectivity index is 1.23. The second-order valence-corrected chi connectivity index (χ2v) is 8.91. The highest BCUT2D eigenvalue weighted by Gasteiger charge is 2.31. The summed E-state index contributed by atoms with van der Waals surface area (Å²) in [4.78, 5) is 15.3. The molecule has 5 rings (SSSR count). The third-order valence-corrected chi connectivity index (χ3v) is 6.58. The maximum absolute atomic E-state index is 12.9. The Bertz CT molecular complexity index is 1100. The zero-order chi connectivity index (χ0) is 23.3. The van der Waals surface area contributed by atoms with E-state index >= 15 is 0 Å². The predicted molar refractivity (Wildman–Crippen MR) is 127 cm³/mol. The number of morpholine rings is 1. The van der Waals surface area contributed by atoms with Gasteiger partial charge in [0.25, 0.3) is 5.91 Å². The van der Waals surface area contributed by atoms with E-state index in [0.29, 0.717) is 29.8 Å². The highest BCUT2D eigenvalue weighted by atomic mass is 16.5. The van der Waals surface area contributed by atoms with E-state index in [4.69, 9.17) is 13.9 Å². The summed E-state index contributed by atoms with van der Waals surface area (Å²) in [5.41, 5.74) is 3.39. The minimum absolute atomic E-state index is 0.0882. The standard InChI is InChI=1S/C26H30N4O4/c1-18-3-2-4-21(15-18)26-29-28-25(34-26)20-7-5-19(6-8-20)24(31)27-16-23(22-9-12-33-17-22)30-10-13-32-14-11-30/h2-8,15,22-23H,9-14,16-17H2,1H3,(H,27,31). The molecule has 2 aromatic carbocycles. The Hall–Kier alpha value is -3.07. The molecule has 1 amide bonds. The van der Waals surface area contributed by atoms with Gasteiger partial charge in [-0.2, -0.15) is 0 Å². The number of amides is 1. The van der Waals surface area contributed by atoms with Crippen molar-refractivity contribution in [1.82, 2.24) is 20.4 Å². The van der Waals surface area contributed by atoms with Gasteiger partial charge in [0.15, 0.2) is 0 Å². The van der Waals surface area contributed by atoms with Crippen molar-refractivity contribution < 1.29 is 18.7 Å². The molecular weight excluding hydrogens is 432 g/mol. The lowest BCUT2D eigenvalue weighted by molar-refractivity contribution is 0.00166. The molecule has 2 atom stereocenters. The van der Waals surface area contributed by atoms with Gasteiger partial charge in [0, 0.05) is 54.9 Å². The summed E-state index contributed by atoms with van der Waals surface area (Å²) in [6.07, 6.45) is 1.03. The topological polar surface area (TPSA) is 89.7 Å². The van der Waals surface area contributed by atoms with Crippen LogP contribution in [0.4, 0.5) is 0 Å². The first-order valence-electron chi connectivity index (χ1n) is 11.9. The van der Waals surface area contributed by atoms with Gasteiger partial charge in [-0.05, 0) is 49.7 Å². The molecule has 0 radical (unpaired) electrons. The van der Waals surface area contributed by atoms with Gasteiger partial charge >= 0.3 is 0 Å². The van der Waals surface area contributed by atoms with Crippen LogP contribution in [0.25, 0.3) is 22.9 Å². The van der Waals surface area contributed by atoms with Crippen molar-refractivity contribution in [1.29, 1.82) is 0 Å². The van der Waals surface area contributed by atoms with E-state index in [1.807, 2.05) is 43.3 Å². The Labute approximate surface area is 199 Å². The third-order valence-electron chi connectivity index (χ3n) is 6.58. The molecule has 2 unspecified atom stereocenters. The molecule has 0 aliphatic carbocycles. The van der Waals surface area contributed by atoms with E-state index in [1.165, 1.54) is 0 Å². The second kappa shape index (κ2) is 10.5. The van der Waals surface area contributed by atoms with Crippen molar-refractivity contribution in [2.45, 2.75) is 19.4 Å². The number of hydrogen-bond acceptors (Lipinski definition) is 7. The summed E-state index contributed by atoms with van der Waals surface area (Å²) >= 11 is 0. The summed E-state index contributed by atoms with van der Waals surface area (Å²) in [5, 5.41) is 11.5. The molecule has 34 heavy (non-hydrogen) atoms. The third kappa shape index (κ3) is 5.19. The summed E-state index contributed by atoms with van der Waals surface area (Å²) in [7, 11) is 0. The maximum Gasteiger partial charge on any atom is 0.251 e. The fraction of sp³-hybridized carbons (Fsp3) is 0.423. The molecule has 2 aliphatic rings. The smallest absolute Gasteiger partial charge is 0.251 e. The number of carbonyl (C=O) groups is 1. The van der Waals surface area contributed by atoms with Gasteiger partial charge in [-0.15, -0.1) is 10.2 Å². The predicted octanol–water partition coefficient (Wildman–Crippen LogP) is 3.18. The van der Waals surface area contributed by atoms with Crippen molar-refractivity contribution in [3.8, 4) is 22.9 Å². The Kier molecular flexibility index (Phi) is 6.99. The van der Waals surface area contributed by atoms with Gasteiger partial charge in [0.2, 0.25) is 11.8 Å². The number of hydrogen-bond donors (Lipinski definition) is 1. The first-order chi connectivity index (χ1) is 16.7. The first-order valence-corrected chi connectivity index (χ1v) is 11.9. The lowest BCUT2D eigenvalue weighted by Crippen LogP contribution is -2.52. The summed E-state index contributed by atoms with van der Waals surface area (Å²) in [5.74, 6) is 1.25. The molecular formula is C26H30N4O4. The van der Waals surface area contributed by atoms with Crippen LogP contribution >= 0.6 is 0 Å². The van der Waals surface area contributed by atoms with E-state index in [2.05, 4.69) is 20.4 Å². The van der Waals surface area contributed by atoms with E-state index in [0.717, 1.165) is 62.6 Å². The van der Waals surface area contributed by atoms with E-state index < -0.39 is 0 Å². The molecule has 2 saturated heterocycles. The van der Waals surface area contributed by atoms with Crippen molar-refractivity contribution in [2.24, 2.45) is 5.92 Å². The molecule has 0 bridgehead atoms. The normalized spacial score (nSPS) is 19.7. The number of nitrogens with zero attached hydrogens (tertiary/aromatic N) is 3. The van der Waals surface area contributed by atoms with Crippen LogP contribution in [0.1, 0.15) is 22.3 Å². The summed E-state index contributed by atoms with van der Waals surface area (Å²) in [6.45, 7) is 7.42. The summed E-state index contributed by atoms with van der Waals surface area (Å²) < 4.78 is 17.0. The van der Waals surface area contributed by atoms with Gasteiger partial charge in [-0.3, -0.25) is 9.69 Å². The number of nitrogens with one attached hydrogen (secondary N) is 1. The number of benzene rings is 2. The van der Waals surface area contributed by atoms with Gasteiger partial charge in [-0.25, -0.2) is 0 Å². The van der Waals surface area contributed by atoms with Crippen LogP contribution in [-0.4, -0.2) is 73.1 Å². The average Bonchev–Trinajstić information content (AvgIpc) is 3.58. The van der Waals surface area contributed by atoms with Crippen LogP contribution in [0.3, 0.4) is 0 Å². The Morgan fingerprint density at radius 3 is 2.50 bits per heavy atom. The Morgan fingerprint density at radius 1 is 1.03 bits per heavy atom. The van der Waals surface area contributed by atoms with Crippen LogP contribution in [0.5, 0.6) is 0 Å². The molecule has 3 aromatic rings. The fourth-order valence-corrected chi connectivity index (χ4v) is 4.66. The van der Waals surface area contributed by atoms with E-state index in [9.17, 15) is 4.79 Å². The van der Waals surface area contributed by atoms with Gasteiger partial charge < -0.3 is 19.2 Å². The largest absolute Gasteiger partial charge is 0.416 e. The quantitative estimate of drug-likeness (QED) is 0.577. The monoisotopic (exact) mass is 462 g/mol. The van der Waals surface area contributed by atoms with Crippen molar-refractivity contribution in [2.75, 3.05) is 46.1 Å². The summed E-state index contributed by atoms with van der Waals surface area (Å²) in [6, 6.07) is 15.5. The molecule has 2 fully saturated rings. The SMILES string of the molecule is Cc1cccc(-c2nnc(-c3ccc(C(=O)NCC(C4CCOC4)N4CCOCC4)cc3)o2)c1. The number of carbonyl (C=O) groups excluding carboxylic acids is 1. The van der Waals surface area contributed by atoms with Crippen LogP contribution in [0.2, 0.25) is 0 Å². The molecule has 1 N–H and O–H groups in total. The number of aryl methyl sites for hydroxylation is 1. The first kappa shape index (κ1) is 22.7. The van der Waals surface area contributed by atoms with Gasteiger partial charge in [0.1, 0.15) is 0 Å². The van der Waals surface area contributed by atoms with E-state index in [-0.39, 0.29) is 11.9 Å². The maximum atomic E-state index is 12.9. The number of ether oxygens (including phenoxy) is 2. The van der Waals surface area contributed by atoms with Crippen LogP contribution in [0, 0.1) is 12.8 Å². The molecule has 0 spiro atoms. The molecule has 2 aliphatic heterocycles. The van der Waals surface area contributed by atoms with Crippen molar-refractivity contribution in [3.63, 3.8) is 0 Å². The lowest BCUT2D eigenvalue weighted by Gasteiger charge is -2.37. The van der Waals surface area contributed by atoms with Crippen LogP contribution < -0.4 is 5.32 Å². The highest BCUT2D eigenvalue weighted by Crippen LogP contribution is 2.25.